The number of nitrogens with zero attached hydrogens (tertiary/aromatic N) is 2. The van der Waals surface area contributed by atoms with Crippen molar-refractivity contribution in [1.82, 2.24) is 4.98 Å². The molecule has 1 heterocycles. The van der Waals surface area contributed by atoms with E-state index in [1.54, 1.807) is 13.3 Å². The fourth-order valence-corrected chi connectivity index (χ4v) is 2.06. The van der Waals surface area contributed by atoms with Crippen molar-refractivity contribution in [3.8, 4) is 5.75 Å². The minimum absolute atomic E-state index is 0.443. The highest BCUT2D eigenvalue weighted by Crippen LogP contribution is 2.20. The lowest BCUT2D eigenvalue weighted by Gasteiger charge is -2.21. The second-order valence-corrected chi connectivity index (χ2v) is 4.38. The van der Waals surface area contributed by atoms with Crippen molar-refractivity contribution in [1.29, 1.82) is 0 Å². The Balaban J connectivity index is 2.18. The molecule has 1 aromatic carbocycles. The van der Waals surface area contributed by atoms with Crippen molar-refractivity contribution in [2.24, 2.45) is 5.73 Å². The van der Waals surface area contributed by atoms with Gasteiger partial charge in [0, 0.05) is 26.3 Å². The molecule has 0 bridgehead atoms. The highest BCUT2D eigenvalue weighted by atomic mass is 16.5. The van der Waals surface area contributed by atoms with Gasteiger partial charge in [0.05, 0.1) is 18.5 Å². The summed E-state index contributed by atoms with van der Waals surface area (Å²) < 4.78 is 5.24. The second kappa shape index (κ2) is 6.20. The number of benzene rings is 1. The molecule has 1 aromatic heterocycles. The van der Waals surface area contributed by atoms with Gasteiger partial charge in [-0.3, -0.25) is 4.98 Å². The molecular formula is C15H19N3O. The van der Waals surface area contributed by atoms with E-state index in [4.69, 9.17) is 10.5 Å². The maximum Gasteiger partial charge on any atom is 0.119 e. The summed E-state index contributed by atoms with van der Waals surface area (Å²) in [5, 5.41) is 0. The van der Waals surface area contributed by atoms with E-state index >= 15 is 0 Å². The molecule has 4 nitrogen and oxygen atoms in total. The lowest BCUT2D eigenvalue weighted by Crippen LogP contribution is -2.19. The van der Waals surface area contributed by atoms with Crippen LogP contribution in [0.5, 0.6) is 5.75 Å². The van der Waals surface area contributed by atoms with Crippen LogP contribution in [0.15, 0.2) is 42.6 Å². The van der Waals surface area contributed by atoms with Gasteiger partial charge in [0.1, 0.15) is 5.75 Å². The first kappa shape index (κ1) is 13.4. The number of methoxy groups -OCH3 is 1. The van der Waals surface area contributed by atoms with Gasteiger partial charge in [0.15, 0.2) is 0 Å². The van der Waals surface area contributed by atoms with E-state index in [2.05, 4.69) is 16.0 Å². The molecule has 0 spiro atoms. The smallest absolute Gasteiger partial charge is 0.119 e. The van der Waals surface area contributed by atoms with Gasteiger partial charge in [-0.05, 0) is 29.8 Å². The van der Waals surface area contributed by atoms with Crippen molar-refractivity contribution in [2.45, 2.75) is 13.1 Å². The van der Waals surface area contributed by atoms with Gasteiger partial charge in [-0.1, -0.05) is 12.1 Å². The standard InChI is InChI=1S/C15H19N3O/c1-18(15-7-4-8-17-14(15)10-16)11-12-5-3-6-13(9-12)19-2/h3-9H,10-11,16H2,1-2H3. The van der Waals surface area contributed by atoms with Crippen LogP contribution < -0.4 is 15.4 Å². The van der Waals surface area contributed by atoms with Crippen molar-refractivity contribution in [2.75, 3.05) is 19.1 Å². The zero-order valence-corrected chi connectivity index (χ0v) is 11.3. The van der Waals surface area contributed by atoms with Crippen LogP contribution in [0.1, 0.15) is 11.3 Å². The minimum atomic E-state index is 0.443. The Morgan fingerprint density at radius 2 is 2.11 bits per heavy atom. The summed E-state index contributed by atoms with van der Waals surface area (Å²) in [6.45, 7) is 1.23. The Bertz CT molecular complexity index is 542. The Labute approximate surface area is 113 Å². The van der Waals surface area contributed by atoms with Gasteiger partial charge < -0.3 is 15.4 Å². The molecule has 0 fully saturated rings. The third kappa shape index (κ3) is 3.23. The van der Waals surface area contributed by atoms with Crippen LogP contribution in [-0.2, 0) is 13.1 Å². The first-order valence-corrected chi connectivity index (χ1v) is 6.22. The SMILES string of the molecule is COc1cccc(CN(C)c2cccnc2CN)c1. The average molecular weight is 257 g/mol. The third-order valence-electron chi connectivity index (χ3n) is 3.02. The zero-order chi connectivity index (χ0) is 13.7. The number of nitrogens with two attached hydrogens (primary N) is 1. The van der Waals surface area contributed by atoms with Crippen LogP contribution in [0.4, 0.5) is 5.69 Å². The van der Waals surface area contributed by atoms with E-state index in [1.807, 2.05) is 37.4 Å². The molecule has 0 radical (unpaired) electrons. The van der Waals surface area contributed by atoms with Crippen LogP contribution in [0, 0.1) is 0 Å². The normalized spacial score (nSPS) is 10.3. The van der Waals surface area contributed by atoms with E-state index in [1.165, 1.54) is 5.56 Å². The summed E-state index contributed by atoms with van der Waals surface area (Å²) in [6.07, 6.45) is 1.77. The molecule has 0 unspecified atom stereocenters. The Morgan fingerprint density at radius 3 is 2.84 bits per heavy atom. The zero-order valence-electron chi connectivity index (χ0n) is 11.3. The monoisotopic (exact) mass is 257 g/mol. The van der Waals surface area contributed by atoms with Crippen LogP contribution in [-0.4, -0.2) is 19.1 Å². The highest BCUT2D eigenvalue weighted by molar-refractivity contribution is 5.50. The molecule has 0 saturated heterocycles. The summed E-state index contributed by atoms with van der Waals surface area (Å²) >= 11 is 0. The molecule has 0 aliphatic carbocycles. The molecule has 19 heavy (non-hydrogen) atoms. The molecule has 2 rings (SSSR count). The summed E-state index contributed by atoms with van der Waals surface area (Å²) in [6, 6.07) is 12.0. The topological polar surface area (TPSA) is 51.4 Å². The quantitative estimate of drug-likeness (QED) is 0.892. The minimum Gasteiger partial charge on any atom is -0.497 e. The maximum absolute atomic E-state index is 5.72. The van der Waals surface area contributed by atoms with E-state index in [0.717, 1.165) is 23.7 Å². The largest absolute Gasteiger partial charge is 0.497 e. The summed E-state index contributed by atoms with van der Waals surface area (Å²) in [5.74, 6) is 0.871. The van der Waals surface area contributed by atoms with E-state index in [-0.39, 0.29) is 0 Å². The molecule has 0 saturated carbocycles. The average Bonchev–Trinajstić information content (AvgIpc) is 2.47. The Kier molecular flexibility index (Phi) is 4.36. The van der Waals surface area contributed by atoms with E-state index in [9.17, 15) is 0 Å². The fraction of sp³-hybridized carbons (Fsp3) is 0.267. The number of pyridine rings is 1. The first-order chi connectivity index (χ1) is 9.24. The van der Waals surface area contributed by atoms with Crippen molar-refractivity contribution in [3.05, 3.63) is 53.9 Å². The first-order valence-electron chi connectivity index (χ1n) is 6.22. The summed E-state index contributed by atoms with van der Waals surface area (Å²) in [5.41, 5.74) is 8.88. The second-order valence-electron chi connectivity index (χ2n) is 4.38. The number of ether oxygens (including phenoxy) is 1. The van der Waals surface area contributed by atoms with E-state index in [0.29, 0.717) is 6.54 Å². The lowest BCUT2D eigenvalue weighted by molar-refractivity contribution is 0.414. The van der Waals surface area contributed by atoms with Gasteiger partial charge in [-0.25, -0.2) is 0 Å². The number of rotatable bonds is 5. The molecule has 4 heteroatoms. The third-order valence-corrected chi connectivity index (χ3v) is 3.02. The fourth-order valence-electron chi connectivity index (χ4n) is 2.06. The number of hydrogen-bond acceptors (Lipinski definition) is 4. The van der Waals surface area contributed by atoms with Gasteiger partial charge in [-0.15, -0.1) is 0 Å². The van der Waals surface area contributed by atoms with Gasteiger partial charge in [0.2, 0.25) is 0 Å². The maximum atomic E-state index is 5.72. The van der Waals surface area contributed by atoms with Crippen molar-refractivity contribution >= 4 is 5.69 Å². The Hall–Kier alpha value is -2.07. The molecule has 2 N–H and O–H groups in total. The predicted molar refractivity (Wildman–Crippen MR) is 77.2 cm³/mol. The highest BCUT2D eigenvalue weighted by Gasteiger charge is 2.08. The molecule has 100 valence electrons. The molecular weight excluding hydrogens is 238 g/mol. The Morgan fingerprint density at radius 1 is 1.26 bits per heavy atom. The van der Waals surface area contributed by atoms with Crippen LogP contribution in [0.2, 0.25) is 0 Å². The molecule has 2 aromatic rings. The van der Waals surface area contributed by atoms with Crippen molar-refractivity contribution < 1.29 is 4.74 Å². The lowest BCUT2D eigenvalue weighted by atomic mass is 10.2. The number of hydrogen-bond donors (Lipinski definition) is 1. The van der Waals surface area contributed by atoms with E-state index < -0.39 is 0 Å². The summed E-state index contributed by atoms with van der Waals surface area (Å²) in [7, 11) is 3.71. The van der Waals surface area contributed by atoms with Crippen molar-refractivity contribution in [3.63, 3.8) is 0 Å². The van der Waals surface area contributed by atoms with Crippen LogP contribution in [0.3, 0.4) is 0 Å². The summed E-state index contributed by atoms with van der Waals surface area (Å²) in [4.78, 5) is 6.45. The predicted octanol–water partition coefficient (Wildman–Crippen LogP) is 2.19. The van der Waals surface area contributed by atoms with Crippen LogP contribution >= 0.6 is 0 Å². The van der Waals surface area contributed by atoms with Gasteiger partial charge in [0.25, 0.3) is 0 Å². The molecule has 0 atom stereocenters. The molecule has 0 aliphatic heterocycles. The van der Waals surface area contributed by atoms with Gasteiger partial charge >= 0.3 is 0 Å². The van der Waals surface area contributed by atoms with Gasteiger partial charge in [-0.2, -0.15) is 0 Å². The number of anilines is 1. The number of aromatic nitrogens is 1. The molecule has 0 amide bonds. The van der Waals surface area contributed by atoms with Crippen LogP contribution in [0.25, 0.3) is 0 Å². The molecule has 0 aliphatic rings.